The number of ether oxygens (including phenoxy) is 1. The summed E-state index contributed by atoms with van der Waals surface area (Å²) in [5, 5.41) is 13.6. The van der Waals surface area contributed by atoms with Gasteiger partial charge in [0.15, 0.2) is 0 Å². The molecule has 0 radical (unpaired) electrons. The Morgan fingerprint density at radius 3 is 2.94 bits per heavy atom. The van der Waals surface area contributed by atoms with Crippen molar-refractivity contribution in [3.05, 3.63) is 42.1 Å². The van der Waals surface area contributed by atoms with Gasteiger partial charge < -0.3 is 15.2 Å². The van der Waals surface area contributed by atoms with Crippen molar-refractivity contribution in [2.45, 2.75) is 12.6 Å². The lowest BCUT2D eigenvalue weighted by Gasteiger charge is -2.15. The Morgan fingerprint density at radius 2 is 2.17 bits per heavy atom. The first kappa shape index (κ1) is 13.0. The minimum Gasteiger partial charge on any atom is -0.395 e. The third-order valence-corrected chi connectivity index (χ3v) is 2.91. The van der Waals surface area contributed by atoms with E-state index < -0.39 is 0 Å². The summed E-state index contributed by atoms with van der Waals surface area (Å²) in [7, 11) is 1.63. The Hall–Kier alpha value is -1.49. The number of nitrogens with one attached hydrogen (secondary N) is 1. The number of hydrogen-bond donors (Lipinski definition) is 2. The van der Waals surface area contributed by atoms with Crippen LogP contribution >= 0.6 is 0 Å². The monoisotopic (exact) mass is 246 g/mol. The molecule has 2 rings (SSSR count). The Morgan fingerprint density at radius 1 is 1.33 bits per heavy atom. The number of para-hydroxylation sites is 1. The van der Waals surface area contributed by atoms with E-state index in [4.69, 9.17) is 4.74 Å². The van der Waals surface area contributed by atoms with Crippen LogP contribution in [0.4, 0.5) is 0 Å². The van der Waals surface area contributed by atoms with Crippen LogP contribution in [-0.4, -0.2) is 36.5 Å². The first-order valence-corrected chi connectivity index (χ1v) is 6.01. The largest absolute Gasteiger partial charge is 0.395 e. The van der Waals surface area contributed by atoms with Gasteiger partial charge in [-0.05, 0) is 17.7 Å². The van der Waals surface area contributed by atoms with Crippen LogP contribution in [0.25, 0.3) is 10.9 Å². The van der Waals surface area contributed by atoms with Crippen molar-refractivity contribution in [1.82, 2.24) is 10.3 Å². The second-order valence-electron chi connectivity index (χ2n) is 4.20. The van der Waals surface area contributed by atoms with Gasteiger partial charge in [-0.15, -0.1) is 0 Å². The number of hydrogen-bond acceptors (Lipinski definition) is 4. The van der Waals surface area contributed by atoms with Crippen molar-refractivity contribution in [3.63, 3.8) is 0 Å². The van der Waals surface area contributed by atoms with Crippen molar-refractivity contribution in [2.75, 3.05) is 20.3 Å². The molecule has 0 saturated heterocycles. The second kappa shape index (κ2) is 6.44. The zero-order valence-corrected chi connectivity index (χ0v) is 10.5. The van der Waals surface area contributed by atoms with E-state index >= 15 is 0 Å². The summed E-state index contributed by atoms with van der Waals surface area (Å²) in [5.74, 6) is 0. The number of aliphatic hydroxyl groups is 1. The minimum absolute atomic E-state index is 0.0399. The molecule has 0 amide bonds. The van der Waals surface area contributed by atoms with Gasteiger partial charge in [-0.1, -0.05) is 18.2 Å². The Kier molecular flexibility index (Phi) is 4.64. The summed E-state index contributed by atoms with van der Waals surface area (Å²) in [6.07, 6.45) is 1.81. The normalized spacial score (nSPS) is 12.8. The molecule has 96 valence electrons. The van der Waals surface area contributed by atoms with Crippen LogP contribution in [0.2, 0.25) is 0 Å². The fraction of sp³-hybridized carbons (Fsp3) is 0.357. The number of aliphatic hydroxyl groups excluding tert-OH is 1. The topological polar surface area (TPSA) is 54.4 Å². The molecule has 4 nitrogen and oxygen atoms in total. The third kappa shape index (κ3) is 3.04. The SMILES string of the molecule is COCC(CO)NCc1ccnc2ccccc12. The summed E-state index contributed by atoms with van der Waals surface area (Å²) >= 11 is 0. The number of rotatable bonds is 6. The maximum Gasteiger partial charge on any atom is 0.0705 e. The molecule has 0 fully saturated rings. The summed E-state index contributed by atoms with van der Waals surface area (Å²) in [4.78, 5) is 4.32. The van der Waals surface area contributed by atoms with Crippen LogP contribution in [0.15, 0.2) is 36.5 Å². The molecule has 0 bridgehead atoms. The van der Waals surface area contributed by atoms with Crippen LogP contribution in [-0.2, 0) is 11.3 Å². The lowest BCUT2D eigenvalue weighted by atomic mass is 10.1. The predicted octanol–water partition coefficient (Wildman–Crippen LogP) is 1.33. The van der Waals surface area contributed by atoms with E-state index in [0.717, 1.165) is 10.9 Å². The fourth-order valence-corrected chi connectivity index (χ4v) is 1.94. The summed E-state index contributed by atoms with van der Waals surface area (Å²) in [6.45, 7) is 1.26. The molecular formula is C14H18N2O2. The van der Waals surface area contributed by atoms with Gasteiger partial charge in [0, 0.05) is 25.2 Å². The molecule has 4 heteroatoms. The highest BCUT2D eigenvalue weighted by atomic mass is 16.5. The molecule has 0 aliphatic heterocycles. The molecule has 1 unspecified atom stereocenters. The van der Waals surface area contributed by atoms with Crippen LogP contribution in [0.5, 0.6) is 0 Å². The average molecular weight is 246 g/mol. The van der Waals surface area contributed by atoms with Crippen molar-refractivity contribution in [3.8, 4) is 0 Å². The molecule has 1 heterocycles. The van der Waals surface area contributed by atoms with Gasteiger partial charge in [0.1, 0.15) is 0 Å². The number of nitrogens with zero attached hydrogens (tertiary/aromatic N) is 1. The quantitative estimate of drug-likeness (QED) is 0.807. The second-order valence-corrected chi connectivity index (χ2v) is 4.20. The molecule has 1 aromatic carbocycles. The van der Waals surface area contributed by atoms with Crippen molar-refractivity contribution in [1.29, 1.82) is 0 Å². The van der Waals surface area contributed by atoms with E-state index in [1.807, 2.05) is 30.5 Å². The van der Waals surface area contributed by atoms with E-state index in [-0.39, 0.29) is 12.6 Å². The lowest BCUT2D eigenvalue weighted by molar-refractivity contribution is 0.128. The number of pyridine rings is 1. The number of fused-ring (bicyclic) bond motifs is 1. The molecule has 2 aromatic rings. The Bertz CT molecular complexity index is 497. The molecule has 2 N–H and O–H groups in total. The highest BCUT2D eigenvalue weighted by Crippen LogP contribution is 2.15. The molecular weight excluding hydrogens is 228 g/mol. The van der Waals surface area contributed by atoms with E-state index in [9.17, 15) is 5.11 Å². The van der Waals surface area contributed by atoms with E-state index in [1.54, 1.807) is 7.11 Å². The Labute approximate surface area is 107 Å². The van der Waals surface area contributed by atoms with E-state index in [1.165, 1.54) is 5.56 Å². The maximum absolute atomic E-state index is 9.19. The maximum atomic E-state index is 9.19. The summed E-state index contributed by atoms with van der Waals surface area (Å²) in [6, 6.07) is 10.00. The number of methoxy groups -OCH3 is 1. The first-order valence-electron chi connectivity index (χ1n) is 6.01. The van der Waals surface area contributed by atoms with Crippen molar-refractivity contribution in [2.24, 2.45) is 0 Å². The van der Waals surface area contributed by atoms with Crippen molar-refractivity contribution >= 4 is 10.9 Å². The van der Waals surface area contributed by atoms with Gasteiger partial charge >= 0.3 is 0 Å². The molecule has 18 heavy (non-hydrogen) atoms. The third-order valence-electron chi connectivity index (χ3n) is 2.91. The van der Waals surface area contributed by atoms with Crippen molar-refractivity contribution < 1.29 is 9.84 Å². The van der Waals surface area contributed by atoms with Gasteiger partial charge in [-0.2, -0.15) is 0 Å². The van der Waals surface area contributed by atoms with Crippen LogP contribution in [0.1, 0.15) is 5.56 Å². The molecule has 1 atom stereocenters. The fourth-order valence-electron chi connectivity index (χ4n) is 1.94. The highest BCUT2D eigenvalue weighted by Gasteiger charge is 2.07. The lowest BCUT2D eigenvalue weighted by Crippen LogP contribution is -2.35. The molecule has 0 saturated carbocycles. The van der Waals surface area contributed by atoms with Gasteiger partial charge in [0.25, 0.3) is 0 Å². The highest BCUT2D eigenvalue weighted by molar-refractivity contribution is 5.81. The molecule has 1 aromatic heterocycles. The predicted molar refractivity (Wildman–Crippen MR) is 71.3 cm³/mol. The standard InChI is InChI=1S/C14H18N2O2/c1-18-10-12(9-17)16-8-11-6-7-15-14-5-3-2-4-13(11)14/h2-7,12,16-17H,8-10H2,1H3. The first-order chi connectivity index (χ1) is 8.85. The summed E-state index contributed by atoms with van der Waals surface area (Å²) in [5.41, 5.74) is 2.17. The van der Waals surface area contributed by atoms with Crippen LogP contribution in [0, 0.1) is 0 Å². The zero-order chi connectivity index (χ0) is 12.8. The van der Waals surface area contributed by atoms with E-state index in [0.29, 0.717) is 13.2 Å². The average Bonchev–Trinajstić information content (AvgIpc) is 2.43. The molecule has 0 aliphatic rings. The smallest absolute Gasteiger partial charge is 0.0705 e. The number of benzene rings is 1. The van der Waals surface area contributed by atoms with Gasteiger partial charge in [0.2, 0.25) is 0 Å². The molecule has 0 spiro atoms. The number of aromatic nitrogens is 1. The Balaban J connectivity index is 2.11. The molecule has 0 aliphatic carbocycles. The van der Waals surface area contributed by atoms with E-state index in [2.05, 4.69) is 16.4 Å². The minimum atomic E-state index is -0.0399. The van der Waals surface area contributed by atoms with Gasteiger partial charge in [-0.25, -0.2) is 0 Å². The van der Waals surface area contributed by atoms with Gasteiger partial charge in [0.05, 0.1) is 24.8 Å². The van der Waals surface area contributed by atoms with Crippen LogP contribution in [0.3, 0.4) is 0 Å². The summed E-state index contributed by atoms with van der Waals surface area (Å²) < 4.78 is 5.04. The van der Waals surface area contributed by atoms with Crippen LogP contribution < -0.4 is 5.32 Å². The van der Waals surface area contributed by atoms with Gasteiger partial charge in [-0.3, -0.25) is 4.98 Å². The zero-order valence-electron chi connectivity index (χ0n) is 10.5.